The van der Waals surface area contributed by atoms with E-state index in [0.717, 1.165) is 77.5 Å². The summed E-state index contributed by atoms with van der Waals surface area (Å²) < 4.78 is 11.6. The van der Waals surface area contributed by atoms with Crippen molar-refractivity contribution in [1.29, 1.82) is 0 Å². The van der Waals surface area contributed by atoms with E-state index >= 15 is 0 Å². The Morgan fingerprint density at radius 3 is 0.825 bits per heavy atom. The highest BCUT2D eigenvalue weighted by Gasteiger charge is 2.16. The standard InChI is InChI=1S/C18H17N.C18H16O.C18H16S.C18H16Si.C16H15N3.C16H14N2O/c4*1-13-3-7-15(8-4-13)17-11-12-18(19-17)16-9-5-14(2)6-10-16;1-11-3-7-13(8-4-11)15-17-16(19-18-15)14-9-5-12(2)6-10-14;1-11-3-7-13(8-4-11)15-17-18-16(19-15)14-9-5-12(2)6-10-14/h3-12,19H,1-2H3;3*3-12H,1-2H3;3-10H,1-2H3,(H,17,18,19);3-10H,1-2H3. The zero-order valence-corrected chi connectivity index (χ0v) is 68.7. The van der Waals surface area contributed by atoms with E-state index in [1.165, 1.54) is 120 Å². The molecular formula is C104H94N6O2SSi. The van der Waals surface area contributed by atoms with Gasteiger partial charge in [0.2, 0.25) is 11.8 Å². The van der Waals surface area contributed by atoms with Crippen LogP contribution >= 0.6 is 11.3 Å². The topological polar surface area (TPSA) is 109 Å². The van der Waals surface area contributed by atoms with Crippen molar-refractivity contribution < 1.29 is 8.83 Å². The summed E-state index contributed by atoms with van der Waals surface area (Å²) in [7, 11) is 0.762. The second-order valence-electron chi connectivity index (χ2n) is 29.2. The molecule has 0 saturated carbocycles. The first-order chi connectivity index (χ1) is 55.3. The predicted octanol–water partition coefficient (Wildman–Crippen LogP) is 28.1. The third-order valence-electron chi connectivity index (χ3n) is 19.5. The van der Waals surface area contributed by atoms with Gasteiger partial charge in [0.05, 0.1) is 0 Å². The molecule has 1 aliphatic rings. The molecule has 562 valence electrons. The fourth-order valence-corrected chi connectivity index (χ4v) is 14.6. The van der Waals surface area contributed by atoms with Crippen LogP contribution in [0.4, 0.5) is 0 Å². The highest BCUT2D eigenvalue weighted by Crippen LogP contribution is 2.36. The molecule has 0 unspecified atom stereocenters. The molecule has 10 heteroatoms. The monoisotopic (exact) mass is 1520 g/mol. The third-order valence-corrected chi connectivity index (χ3v) is 22.2. The Hall–Kier alpha value is -13.1. The van der Waals surface area contributed by atoms with Gasteiger partial charge in [-0.1, -0.05) is 356 Å². The molecular weight excluding hydrogens is 1430 g/mol. The lowest BCUT2D eigenvalue weighted by Crippen LogP contribution is -1.96. The van der Waals surface area contributed by atoms with Gasteiger partial charge >= 0.3 is 0 Å². The van der Waals surface area contributed by atoms with Crippen LogP contribution in [0.15, 0.2) is 349 Å². The fraction of sp³-hybridized carbons (Fsp3) is 0.115. The van der Waals surface area contributed by atoms with E-state index in [1.54, 1.807) is 0 Å². The first kappa shape index (κ1) is 79.0. The molecule has 0 fully saturated rings. The first-order valence-electron chi connectivity index (χ1n) is 38.5. The van der Waals surface area contributed by atoms with Crippen LogP contribution in [0.5, 0.6) is 0 Å². The summed E-state index contributed by atoms with van der Waals surface area (Å²) >= 11 is 1.85. The normalized spacial score (nSPS) is 11.2. The molecule has 6 heterocycles. The van der Waals surface area contributed by atoms with Crippen molar-refractivity contribution in [2.24, 2.45) is 0 Å². The van der Waals surface area contributed by atoms with Gasteiger partial charge in [-0.15, -0.1) is 21.5 Å². The average molecular weight is 1520 g/mol. The van der Waals surface area contributed by atoms with Gasteiger partial charge in [0.25, 0.3) is 0 Å². The molecule has 2 N–H and O–H groups in total. The van der Waals surface area contributed by atoms with Gasteiger partial charge in [-0.2, -0.15) is 5.10 Å². The van der Waals surface area contributed by atoms with Crippen LogP contribution in [0.25, 0.3) is 122 Å². The van der Waals surface area contributed by atoms with E-state index in [-0.39, 0.29) is 0 Å². The van der Waals surface area contributed by atoms with E-state index in [0.29, 0.717) is 11.8 Å². The van der Waals surface area contributed by atoms with Crippen LogP contribution < -0.4 is 0 Å². The Labute approximate surface area is 678 Å². The largest absolute Gasteiger partial charge is 0.456 e. The van der Waals surface area contributed by atoms with Gasteiger partial charge in [-0.05, 0) is 177 Å². The van der Waals surface area contributed by atoms with Crippen molar-refractivity contribution in [2.45, 2.75) is 83.1 Å². The highest BCUT2D eigenvalue weighted by molar-refractivity contribution is 7.18. The minimum Gasteiger partial charge on any atom is -0.456 e. The van der Waals surface area contributed by atoms with Crippen LogP contribution in [0.3, 0.4) is 0 Å². The Kier molecular flexibility index (Phi) is 26.1. The van der Waals surface area contributed by atoms with E-state index < -0.39 is 0 Å². The van der Waals surface area contributed by atoms with Crippen molar-refractivity contribution in [3.8, 4) is 112 Å². The summed E-state index contributed by atoms with van der Waals surface area (Å²) in [5.74, 6) is 4.46. The molecule has 8 nitrogen and oxygen atoms in total. The number of nitrogens with one attached hydrogen (secondary N) is 2. The predicted molar refractivity (Wildman–Crippen MR) is 480 cm³/mol. The Morgan fingerprint density at radius 2 is 0.509 bits per heavy atom. The van der Waals surface area contributed by atoms with Crippen LogP contribution in [0.1, 0.15) is 77.9 Å². The number of hydrogen-bond donors (Lipinski definition) is 2. The number of allylic oxidation sites excluding steroid dienone is 2. The molecule has 12 aromatic carbocycles. The molecule has 1 aliphatic heterocycles. The summed E-state index contributed by atoms with van der Waals surface area (Å²) in [6, 6.07) is 114. The summed E-state index contributed by atoms with van der Waals surface area (Å²) in [5, 5.41) is 18.3. The van der Waals surface area contributed by atoms with Gasteiger partial charge in [-0.25, -0.2) is 4.98 Å². The maximum Gasteiger partial charge on any atom is 0.248 e. The molecule has 2 radical (unpaired) electrons. The third kappa shape index (κ3) is 21.7. The van der Waals surface area contributed by atoms with Gasteiger partial charge in [-0.3, -0.25) is 5.10 Å². The molecule has 17 aromatic rings. The van der Waals surface area contributed by atoms with Crippen LogP contribution in [-0.4, -0.2) is 39.9 Å². The van der Waals surface area contributed by atoms with Gasteiger partial charge in [0.1, 0.15) is 21.0 Å². The maximum atomic E-state index is 5.94. The first-order valence-corrected chi connectivity index (χ1v) is 40.3. The molecule has 0 atom stereocenters. The lowest BCUT2D eigenvalue weighted by Gasteiger charge is -2.06. The van der Waals surface area contributed by atoms with E-state index in [9.17, 15) is 0 Å². The summed E-state index contributed by atoms with van der Waals surface area (Å²) in [5.41, 5.74) is 31.5. The zero-order valence-electron chi connectivity index (χ0n) is 66.8. The number of benzene rings is 12. The number of aromatic nitrogens is 6. The molecule has 0 aliphatic carbocycles. The number of thiophene rings is 1. The van der Waals surface area contributed by atoms with Gasteiger partial charge in [0, 0.05) is 54.5 Å². The van der Waals surface area contributed by atoms with Gasteiger partial charge in [0.15, 0.2) is 11.6 Å². The second-order valence-corrected chi connectivity index (χ2v) is 31.6. The Bertz CT molecular complexity index is 4880. The number of aryl methyl sites for hydroxylation is 12. The number of nitrogens with zero attached hydrogens (tertiary/aromatic N) is 4. The van der Waals surface area contributed by atoms with Crippen LogP contribution in [-0.2, 0) is 0 Å². The lowest BCUT2D eigenvalue weighted by atomic mass is 10.1. The Balaban J connectivity index is 0.000000119. The molecule has 18 rings (SSSR count). The van der Waals surface area contributed by atoms with Crippen molar-refractivity contribution in [3.05, 3.63) is 418 Å². The summed E-state index contributed by atoms with van der Waals surface area (Å²) in [4.78, 5) is 10.7. The Morgan fingerprint density at radius 1 is 0.246 bits per heavy atom. The van der Waals surface area contributed by atoms with E-state index in [2.05, 4.69) is 380 Å². The lowest BCUT2D eigenvalue weighted by molar-refractivity contribution is 0.584. The van der Waals surface area contributed by atoms with Crippen LogP contribution in [0.2, 0.25) is 0 Å². The van der Waals surface area contributed by atoms with E-state index in [1.807, 2.05) is 84.1 Å². The number of aromatic amines is 2. The highest BCUT2D eigenvalue weighted by atomic mass is 32.1. The number of rotatable bonds is 12. The molecule has 114 heavy (non-hydrogen) atoms. The SMILES string of the molecule is Cc1ccc(-c2ccc(-c3ccc(C)cc3)[nH]2)cc1.Cc1ccc(-c2ccc(-c3ccc(C)cc3)o2)cc1.Cc1ccc(-c2ccc(-c3ccc(C)cc3)s2)cc1.Cc1ccc(-c2n[nH]c(-c3ccc(C)cc3)n2)cc1.Cc1ccc(-c2nnc(-c3ccc(C)cc3)o2)cc1.Cc1ccc(C2=CC=C(c3ccc(C)cc3)[Si]2)cc1. The average Bonchev–Trinajstić information content (AvgIpc) is 1.72. The molecule has 0 bridgehead atoms. The molecule has 0 amide bonds. The minimum atomic E-state index is 0.551. The molecule has 0 spiro atoms. The number of furan rings is 1. The van der Waals surface area contributed by atoms with Gasteiger partial charge < -0.3 is 13.8 Å². The van der Waals surface area contributed by atoms with E-state index in [4.69, 9.17) is 8.83 Å². The van der Waals surface area contributed by atoms with Crippen molar-refractivity contribution >= 4 is 31.2 Å². The summed E-state index contributed by atoms with van der Waals surface area (Å²) in [6.07, 6.45) is 4.52. The molecule has 5 aromatic heterocycles. The van der Waals surface area contributed by atoms with Crippen molar-refractivity contribution in [3.63, 3.8) is 0 Å². The van der Waals surface area contributed by atoms with Crippen molar-refractivity contribution in [2.75, 3.05) is 0 Å². The number of H-pyrrole nitrogens is 2. The van der Waals surface area contributed by atoms with Crippen LogP contribution in [0, 0.1) is 83.1 Å². The smallest absolute Gasteiger partial charge is 0.248 e. The fourth-order valence-electron chi connectivity index (χ4n) is 12.3. The summed E-state index contributed by atoms with van der Waals surface area (Å²) in [6.45, 7) is 25.1. The molecule has 0 saturated heterocycles. The maximum absolute atomic E-state index is 5.94. The second kappa shape index (κ2) is 37.7. The van der Waals surface area contributed by atoms with Crippen molar-refractivity contribution in [1.82, 2.24) is 30.4 Å². The minimum absolute atomic E-state index is 0.551. The zero-order chi connectivity index (χ0) is 79.5. The quantitative estimate of drug-likeness (QED) is 0.118. The number of hydrogen-bond acceptors (Lipinski definition) is 7.